The molecule has 2 aromatic carbocycles. The summed E-state index contributed by atoms with van der Waals surface area (Å²) in [6, 6.07) is 14.7. The summed E-state index contributed by atoms with van der Waals surface area (Å²) in [5, 5.41) is 4.51. The van der Waals surface area contributed by atoms with E-state index in [0.717, 1.165) is 28.7 Å². The predicted octanol–water partition coefficient (Wildman–Crippen LogP) is 5.23. The molecular weight excluding hydrogens is 358 g/mol. The molecule has 0 saturated carbocycles. The number of hydrogen-bond acceptors (Lipinski definition) is 3. The maximum absolute atomic E-state index is 6.43. The molecule has 0 fully saturated rings. The third-order valence-corrected chi connectivity index (χ3v) is 5.83. The van der Waals surface area contributed by atoms with E-state index in [0.29, 0.717) is 0 Å². The van der Waals surface area contributed by atoms with Gasteiger partial charge in [0.25, 0.3) is 0 Å². The van der Waals surface area contributed by atoms with Gasteiger partial charge >= 0.3 is 0 Å². The Labute approximate surface area is 142 Å². The van der Waals surface area contributed by atoms with Gasteiger partial charge in [-0.1, -0.05) is 40.2 Å². The molecule has 3 aromatic rings. The maximum atomic E-state index is 6.43. The van der Waals surface area contributed by atoms with Gasteiger partial charge in [-0.3, -0.25) is 4.90 Å². The van der Waals surface area contributed by atoms with Crippen molar-refractivity contribution in [1.82, 2.24) is 4.90 Å². The summed E-state index contributed by atoms with van der Waals surface area (Å²) in [6.07, 6.45) is 0.110. The van der Waals surface area contributed by atoms with Gasteiger partial charge in [-0.25, -0.2) is 0 Å². The van der Waals surface area contributed by atoms with E-state index in [9.17, 15) is 0 Å². The third-order valence-electron chi connectivity index (χ3n) is 4.09. The van der Waals surface area contributed by atoms with Crippen LogP contribution < -0.4 is 4.74 Å². The van der Waals surface area contributed by atoms with Crippen LogP contribution in [0.3, 0.4) is 0 Å². The lowest BCUT2D eigenvalue weighted by Gasteiger charge is -2.30. The number of likely N-dealkylation sites (N-methyl/N-ethyl adjacent to an activating group) is 1. The fourth-order valence-electron chi connectivity index (χ4n) is 3.06. The number of fused-ring (bicyclic) bond motifs is 2. The van der Waals surface area contributed by atoms with E-state index in [2.05, 4.69) is 75.7 Å². The summed E-state index contributed by atoms with van der Waals surface area (Å²) < 4.78 is 7.53. The Morgan fingerprint density at radius 2 is 1.95 bits per heavy atom. The van der Waals surface area contributed by atoms with Crippen LogP contribution in [0.5, 0.6) is 5.75 Å². The lowest BCUT2D eigenvalue weighted by molar-refractivity contribution is 0.134. The second kappa shape index (κ2) is 5.69. The van der Waals surface area contributed by atoms with Crippen LogP contribution in [0.15, 0.2) is 52.3 Å². The van der Waals surface area contributed by atoms with Crippen molar-refractivity contribution < 1.29 is 4.74 Å². The first-order valence-corrected chi connectivity index (χ1v) is 8.98. The van der Waals surface area contributed by atoms with Gasteiger partial charge < -0.3 is 4.74 Å². The van der Waals surface area contributed by atoms with Crippen molar-refractivity contribution in [1.29, 1.82) is 0 Å². The highest BCUT2D eigenvalue weighted by atomic mass is 79.9. The summed E-state index contributed by atoms with van der Waals surface area (Å²) in [4.78, 5) is 3.69. The Morgan fingerprint density at radius 3 is 2.82 bits per heavy atom. The molecule has 2 heterocycles. The van der Waals surface area contributed by atoms with Crippen molar-refractivity contribution in [2.45, 2.75) is 12.6 Å². The van der Waals surface area contributed by atoms with Crippen molar-refractivity contribution in [3.8, 4) is 5.75 Å². The van der Waals surface area contributed by atoms with Crippen LogP contribution >= 0.6 is 27.3 Å². The number of benzene rings is 2. The number of nitrogens with zero attached hydrogens (tertiary/aromatic N) is 1. The molecule has 112 valence electrons. The quantitative estimate of drug-likeness (QED) is 0.609. The second-order valence-corrected chi connectivity index (χ2v) is 7.51. The van der Waals surface area contributed by atoms with Crippen molar-refractivity contribution in [2.75, 3.05) is 13.6 Å². The molecule has 0 spiro atoms. The zero-order valence-corrected chi connectivity index (χ0v) is 14.7. The average molecular weight is 374 g/mol. The highest BCUT2D eigenvalue weighted by Gasteiger charge is 2.26. The van der Waals surface area contributed by atoms with E-state index in [1.165, 1.54) is 15.8 Å². The molecule has 2 nitrogen and oxygen atoms in total. The Hall–Kier alpha value is -1.36. The number of rotatable bonds is 2. The fraction of sp³-hybridized carbons (Fsp3) is 0.222. The number of thiophene rings is 1. The molecule has 1 aromatic heterocycles. The molecule has 1 aliphatic heterocycles. The van der Waals surface area contributed by atoms with Crippen molar-refractivity contribution in [2.24, 2.45) is 0 Å². The lowest BCUT2D eigenvalue weighted by Crippen LogP contribution is -2.31. The van der Waals surface area contributed by atoms with E-state index < -0.39 is 0 Å². The van der Waals surface area contributed by atoms with Gasteiger partial charge in [0.15, 0.2) is 0 Å². The van der Waals surface area contributed by atoms with Gasteiger partial charge in [-0.05, 0) is 41.6 Å². The smallest absolute Gasteiger partial charge is 0.146 e. The van der Waals surface area contributed by atoms with E-state index in [1.54, 1.807) is 11.3 Å². The molecule has 1 aliphatic rings. The van der Waals surface area contributed by atoms with Crippen molar-refractivity contribution in [3.05, 3.63) is 62.8 Å². The number of halogens is 1. The highest BCUT2D eigenvalue weighted by molar-refractivity contribution is 9.10. The molecule has 1 unspecified atom stereocenters. The summed E-state index contributed by atoms with van der Waals surface area (Å²) in [5.74, 6) is 0.957. The van der Waals surface area contributed by atoms with Crippen molar-refractivity contribution >= 4 is 38.0 Å². The first kappa shape index (κ1) is 14.2. The maximum Gasteiger partial charge on any atom is 0.146 e. The monoisotopic (exact) mass is 373 g/mol. The van der Waals surface area contributed by atoms with Gasteiger partial charge in [0, 0.05) is 22.9 Å². The van der Waals surface area contributed by atoms with E-state index in [-0.39, 0.29) is 6.10 Å². The number of ether oxygens (including phenoxy) is 1. The van der Waals surface area contributed by atoms with Crippen LogP contribution in [0.1, 0.15) is 16.5 Å². The van der Waals surface area contributed by atoms with E-state index in [1.807, 2.05) is 0 Å². The van der Waals surface area contributed by atoms with Gasteiger partial charge in [0.05, 0.1) is 4.88 Å². The van der Waals surface area contributed by atoms with Crippen LogP contribution in [0.2, 0.25) is 0 Å². The topological polar surface area (TPSA) is 12.5 Å². The predicted molar refractivity (Wildman–Crippen MR) is 95.7 cm³/mol. The molecule has 0 N–H and O–H groups in total. The number of hydrogen-bond donors (Lipinski definition) is 0. The van der Waals surface area contributed by atoms with Crippen LogP contribution in [-0.2, 0) is 6.54 Å². The minimum atomic E-state index is 0.110. The largest absolute Gasteiger partial charge is 0.483 e. The molecule has 1 atom stereocenters. The Morgan fingerprint density at radius 1 is 1.14 bits per heavy atom. The van der Waals surface area contributed by atoms with Gasteiger partial charge in [0.1, 0.15) is 11.9 Å². The first-order valence-electron chi connectivity index (χ1n) is 7.31. The molecule has 0 aliphatic carbocycles. The molecule has 0 saturated heterocycles. The molecule has 4 rings (SSSR count). The normalized spacial score (nSPS) is 18.4. The minimum Gasteiger partial charge on any atom is -0.483 e. The van der Waals surface area contributed by atoms with Gasteiger partial charge in [-0.2, -0.15) is 0 Å². The molecule has 0 amide bonds. The first-order chi connectivity index (χ1) is 10.7. The standard InChI is InChI=1S/C18H16BrNOS/c1-20-10-12-8-9-22-18(12)17(11-20)21-16-7-6-15(19)13-4-2-3-5-14(13)16/h2-9,17H,10-11H2,1H3. The van der Waals surface area contributed by atoms with E-state index >= 15 is 0 Å². The molecule has 4 heteroatoms. The Bertz CT molecular complexity index is 829. The van der Waals surface area contributed by atoms with Crippen LogP contribution in [0.4, 0.5) is 0 Å². The second-order valence-electron chi connectivity index (χ2n) is 5.70. The Kier molecular flexibility index (Phi) is 3.68. The van der Waals surface area contributed by atoms with Gasteiger partial charge in [-0.15, -0.1) is 11.3 Å². The fourth-order valence-corrected chi connectivity index (χ4v) is 4.48. The molecular formula is C18H16BrNOS. The average Bonchev–Trinajstić information content (AvgIpc) is 2.98. The summed E-state index contributed by atoms with van der Waals surface area (Å²) >= 11 is 5.43. The Balaban J connectivity index is 1.75. The van der Waals surface area contributed by atoms with E-state index in [4.69, 9.17) is 4.74 Å². The summed E-state index contributed by atoms with van der Waals surface area (Å²) in [6.45, 7) is 1.94. The molecule has 22 heavy (non-hydrogen) atoms. The SMILES string of the molecule is CN1Cc2ccsc2C(Oc2ccc(Br)c3ccccc23)C1. The summed E-state index contributed by atoms with van der Waals surface area (Å²) in [7, 11) is 2.15. The summed E-state index contributed by atoms with van der Waals surface area (Å²) in [5.41, 5.74) is 1.39. The van der Waals surface area contributed by atoms with Crippen LogP contribution in [0.25, 0.3) is 10.8 Å². The third kappa shape index (κ3) is 2.45. The highest BCUT2D eigenvalue weighted by Crippen LogP contribution is 2.37. The molecule has 0 radical (unpaired) electrons. The molecule has 0 bridgehead atoms. The van der Waals surface area contributed by atoms with Gasteiger partial charge in [0.2, 0.25) is 0 Å². The van der Waals surface area contributed by atoms with Crippen LogP contribution in [0, 0.1) is 0 Å². The minimum absolute atomic E-state index is 0.110. The lowest BCUT2D eigenvalue weighted by atomic mass is 10.1. The zero-order valence-electron chi connectivity index (χ0n) is 12.3. The van der Waals surface area contributed by atoms with Crippen molar-refractivity contribution in [3.63, 3.8) is 0 Å². The van der Waals surface area contributed by atoms with Crippen LogP contribution in [-0.4, -0.2) is 18.5 Å². The zero-order chi connectivity index (χ0) is 15.1.